The molecule has 0 aliphatic heterocycles. The molecule has 0 aliphatic rings. The van der Waals surface area contributed by atoms with Gasteiger partial charge in [0, 0.05) is 27.1 Å². The molecule has 122 valence electrons. The van der Waals surface area contributed by atoms with Crippen LogP contribution in [-0.2, 0) is 4.79 Å². The van der Waals surface area contributed by atoms with E-state index in [1.807, 2.05) is 0 Å². The van der Waals surface area contributed by atoms with Crippen LogP contribution in [0.15, 0.2) is 30.3 Å². The minimum Gasteiger partial charge on any atom is -0.491 e. The summed E-state index contributed by atoms with van der Waals surface area (Å²) in [6, 6.07) is 8.32. The van der Waals surface area contributed by atoms with E-state index < -0.39 is 5.97 Å². The maximum Gasteiger partial charge on any atom is 0.303 e. The molecule has 7 heteroatoms. The zero-order chi connectivity index (χ0) is 17.0. The molecule has 0 saturated heterocycles. The fourth-order valence-electron chi connectivity index (χ4n) is 2.03. The molecular formula is C16H12Cl4O3. The second-order valence-electron chi connectivity index (χ2n) is 4.77. The first-order valence-electron chi connectivity index (χ1n) is 6.67. The smallest absolute Gasteiger partial charge is 0.303 e. The molecule has 0 bridgehead atoms. The van der Waals surface area contributed by atoms with Gasteiger partial charge in [-0.3, -0.25) is 4.79 Å². The van der Waals surface area contributed by atoms with E-state index in [1.165, 1.54) is 0 Å². The van der Waals surface area contributed by atoms with Crippen molar-refractivity contribution in [1.82, 2.24) is 0 Å². The zero-order valence-electron chi connectivity index (χ0n) is 11.8. The molecule has 3 nitrogen and oxygen atoms in total. The van der Waals surface area contributed by atoms with Gasteiger partial charge < -0.3 is 9.84 Å². The second kappa shape index (κ2) is 8.11. The average molecular weight is 394 g/mol. The minimum atomic E-state index is -0.877. The number of aliphatic carboxylic acids is 1. The second-order valence-corrected chi connectivity index (χ2v) is 6.48. The van der Waals surface area contributed by atoms with Crippen LogP contribution in [0.25, 0.3) is 11.1 Å². The zero-order valence-corrected chi connectivity index (χ0v) is 14.8. The van der Waals surface area contributed by atoms with Crippen molar-refractivity contribution in [3.63, 3.8) is 0 Å². The van der Waals surface area contributed by atoms with Crippen molar-refractivity contribution in [2.45, 2.75) is 12.8 Å². The van der Waals surface area contributed by atoms with E-state index in [9.17, 15) is 4.79 Å². The summed E-state index contributed by atoms with van der Waals surface area (Å²) in [7, 11) is 0. The molecule has 0 atom stereocenters. The highest BCUT2D eigenvalue weighted by atomic mass is 35.5. The highest BCUT2D eigenvalue weighted by Gasteiger charge is 2.14. The fraction of sp³-hybridized carbons (Fsp3) is 0.188. The van der Waals surface area contributed by atoms with Crippen molar-refractivity contribution in [3.05, 3.63) is 50.4 Å². The van der Waals surface area contributed by atoms with Gasteiger partial charge in [-0.1, -0.05) is 46.4 Å². The first kappa shape index (κ1) is 18.2. The molecule has 0 amide bonds. The Hall–Kier alpha value is -1.13. The normalized spacial score (nSPS) is 10.6. The molecule has 0 saturated carbocycles. The first-order valence-corrected chi connectivity index (χ1v) is 8.18. The van der Waals surface area contributed by atoms with E-state index in [4.69, 9.17) is 56.2 Å². The van der Waals surface area contributed by atoms with Crippen molar-refractivity contribution in [2.75, 3.05) is 6.61 Å². The van der Waals surface area contributed by atoms with Gasteiger partial charge in [-0.15, -0.1) is 0 Å². The summed E-state index contributed by atoms with van der Waals surface area (Å²) in [6.07, 6.45) is 0.383. The van der Waals surface area contributed by atoms with Crippen LogP contribution in [0, 0.1) is 0 Å². The Morgan fingerprint density at radius 1 is 0.957 bits per heavy atom. The molecule has 0 heterocycles. The number of hydrogen-bond acceptors (Lipinski definition) is 2. The summed E-state index contributed by atoms with van der Waals surface area (Å²) in [6.45, 7) is 0.217. The Balaban J connectivity index is 2.35. The van der Waals surface area contributed by atoms with Crippen LogP contribution in [0.4, 0.5) is 0 Å². The standard InChI is InChI=1S/C16H12Cl4O3/c17-10-4-9(5-11(18)6-10)13-7-12(19)8-14(20)16(13)23-3-1-2-15(21)22/h4-8H,1-3H2,(H,21,22). The van der Waals surface area contributed by atoms with E-state index >= 15 is 0 Å². The van der Waals surface area contributed by atoms with Gasteiger partial charge in [0.25, 0.3) is 0 Å². The van der Waals surface area contributed by atoms with Gasteiger partial charge in [0.15, 0.2) is 0 Å². The van der Waals surface area contributed by atoms with Crippen molar-refractivity contribution < 1.29 is 14.6 Å². The molecular weight excluding hydrogens is 382 g/mol. The van der Waals surface area contributed by atoms with Gasteiger partial charge in [-0.2, -0.15) is 0 Å². The van der Waals surface area contributed by atoms with Crippen LogP contribution in [0.2, 0.25) is 20.1 Å². The van der Waals surface area contributed by atoms with Gasteiger partial charge in [-0.05, 0) is 42.3 Å². The van der Waals surface area contributed by atoms with E-state index in [1.54, 1.807) is 30.3 Å². The monoisotopic (exact) mass is 392 g/mol. The van der Waals surface area contributed by atoms with E-state index in [2.05, 4.69) is 0 Å². The molecule has 0 radical (unpaired) electrons. The third kappa shape index (κ3) is 5.18. The Kier molecular flexibility index (Phi) is 6.42. The van der Waals surface area contributed by atoms with Crippen molar-refractivity contribution in [2.24, 2.45) is 0 Å². The van der Waals surface area contributed by atoms with Gasteiger partial charge >= 0.3 is 5.97 Å². The molecule has 0 aliphatic carbocycles. The summed E-state index contributed by atoms with van der Waals surface area (Å²) in [5, 5.41) is 10.4. The topological polar surface area (TPSA) is 46.5 Å². The summed E-state index contributed by atoms with van der Waals surface area (Å²) in [5.41, 5.74) is 1.35. The number of carbonyl (C=O) groups is 1. The quantitative estimate of drug-likeness (QED) is 0.593. The van der Waals surface area contributed by atoms with Crippen molar-refractivity contribution >= 4 is 52.4 Å². The maximum atomic E-state index is 10.6. The number of ether oxygens (including phenoxy) is 1. The van der Waals surface area contributed by atoms with Crippen LogP contribution >= 0.6 is 46.4 Å². The SMILES string of the molecule is O=C(O)CCCOc1c(Cl)cc(Cl)cc1-c1cc(Cl)cc(Cl)c1. The fourth-order valence-corrected chi connectivity index (χ4v) is 3.10. The lowest BCUT2D eigenvalue weighted by Crippen LogP contribution is -2.03. The van der Waals surface area contributed by atoms with E-state index in [-0.39, 0.29) is 13.0 Å². The minimum absolute atomic E-state index is 0.0174. The predicted molar refractivity (Wildman–Crippen MR) is 94.3 cm³/mol. The van der Waals surface area contributed by atoms with Gasteiger partial charge in [0.1, 0.15) is 5.75 Å². The predicted octanol–water partition coefficient (Wildman–Crippen LogP) is 6.21. The molecule has 2 aromatic rings. The van der Waals surface area contributed by atoms with Crippen molar-refractivity contribution in [3.8, 4) is 16.9 Å². The summed E-state index contributed by atoms with van der Waals surface area (Å²) in [5.74, 6) is -0.461. The van der Waals surface area contributed by atoms with Crippen LogP contribution in [0.1, 0.15) is 12.8 Å². The Labute approximate surface area is 153 Å². The highest BCUT2D eigenvalue weighted by Crippen LogP contribution is 2.40. The number of benzene rings is 2. The maximum absolute atomic E-state index is 10.6. The third-order valence-electron chi connectivity index (χ3n) is 2.96. The number of carboxylic acid groups (broad SMARTS) is 1. The lowest BCUT2D eigenvalue weighted by Gasteiger charge is -2.14. The van der Waals surface area contributed by atoms with Gasteiger partial charge in [-0.25, -0.2) is 0 Å². The average Bonchev–Trinajstić information content (AvgIpc) is 2.43. The number of halogens is 4. The first-order chi connectivity index (χ1) is 10.9. The summed E-state index contributed by atoms with van der Waals surface area (Å²) in [4.78, 5) is 10.6. The largest absolute Gasteiger partial charge is 0.491 e. The van der Waals surface area contributed by atoms with E-state index in [0.717, 1.165) is 0 Å². The molecule has 2 rings (SSSR count). The number of rotatable bonds is 6. The highest BCUT2D eigenvalue weighted by molar-refractivity contribution is 6.37. The Morgan fingerprint density at radius 2 is 1.57 bits per heavy atom. The molecule has 23 heavy (non-hydrogen) atoms. The molecule has 0 spiro atoms. The summed E-state index contributed by atoms with van der Waals surface area (Å²) < 4.78 is 5.67. The van der Waals surface area contributed by atoms with Crippen LogP contribution in [0.5, 0.6) is 5.75 Å². The Bertz CT molecular complexity index is 711. The molecule has 1 N–H and O–H groups in total. The van der Waals surface area contributed by atoms with Crippen molar-refractivity contribution in [1.29, 1.82) is 0 Å². The molecule has 2 aromatic carbocycles. The lowest BCUT2D eigenvalue weighted by atomic mass is 10.0. The van der Waals surface area contributed by atoms with Crippen LogP contribution in [-0.4, -0.2) is 17.7 Å². The lowest BCUT2D eigenvalue weighted by molar-refractivity contribution is -0.137. The molecule has 0 aromatic heterocycles. The van der Waals surface area contributed by atoms with Crippen LogP contribution in [0.3, 0.4) is 0 Å². The molecule has 0 fully saturated rings. The van der Waals surface area contributed by atoms with Crippen LogP contribution < -0.4 is 4.74 Å². The number of hydrogen-bond donors (Lipinski definition) is 1. The van der Waals surface area contributed by atoms with E-state index in [0.29, 0.717) is 43.4 Å². The van der Waals surface area contributed by atoms with Gasteiger partial charge in [0.05, 0.1) is 11.6 Å². The molecule has 0 unspecified atom stereocenters. The third-order valence-corrected chi connectivity index (χ3v) is 3.90. The summed E-state index contributed by atoms with van der Waals surface area (Å²) >= 11 is 24.4. The van der Waals surface area contributed by atoms with Gasteiger partial charge in [0.2, 0.25) is 0 Å². The Morgan fingerprint density at radius 3 is 2.17 bits per heavy atom. The number of carboxylic acids is 1.